The van der Waals surface area contributed by atoms with Crippen LogP contribution in [0.15, 0.2) is 65.6 Å². The quantitative estimate of drug-likeness (QED) is 0.571. The molecule has 0 saturated carbocycles. The molecule has 7 heteroatoms. The van der Waals surface area contributed by atoms with Gasteiger partial charge in [0.15, 0.2) is 0 Å². The second-order valence-electron chi connectivity index (χ2n) is 5.92. The molecular formula is C20H20FNO3S2. The number of rotatable bonds is 8. The molecule has 0 saturated heterocycles. The van der Waals surface area contributed by atoms with Gasteiger partial charge >= 0.3 is 0 Å². The van der Waals surface area contributed by atoms with Crippen LogP contribution in [0.4, 0.5) is 4.39 Å². The first-order chi connectivity index (χ1) is 13.0. The number of thioether (sulfide) groups is 1. The van der Waals surface area contributed by atoms with E-state index in [1.54, 1.807) is 49.6 Å². The summed E-state index contributed by atoms with van der Waals surface area (Å²) in [7, 11) is -2.00. The highest BCUT2D eigenvalue weighted by molar-refractivity contribution is 7.98. The van der Waals surface area contributed by atoms with Gasteiger partial charge in [0.05, 0.1) is 12.0 Å². The average Bonchev–Trinajstić information content (AvgIpc) is 2.68. The highest BCUT2D eigenvalue weighted by Crippen LogP contribution is 2.23. The maximum atomic E-state index is 13.6. The molecule has 0 aromatic heterocycles. The van der Waals surface area contributed by atoms with Crippen molar-refractivity contribution in [3.63, 3.8) is 0 Å². The first-order valence-corrected chi connectivity index (χ1v) is 11.0. The zero-order chi connectivity index (χ0) is 19.3. The Hall–Kier alpha value is -2.09. The molecule has 3 rings (SSSR count). The Morgan fingerprint density at radius 1 is 1.04 bits per heavy atom. The molecule has 27 heavy (non-hydrogen) atoms. The molecule has 0 aliphatic heterocycles. The van der Waals surface area contributed by atoms with Crippen molar-refractivity contribution in [3.05, 3.63) is 72.0 Å². The van der Waals surface area contributed by atoms with Crippen molar-refractivity contribution in [2.24, 2.45) is 0 Å². The van der Waals surface area contributed by atoms with Crippen LogP contribution >= 0.6 is 11.8 Å². The Morgan fingerprint density at radius 3 is 2.56 bits per heavy atom. The zero-order valence-electron chi connectivity index (χ0n) is 14.8. The van der Waals surface area contributed by atoms with Crippen LogP contribution in [0.1, 0.15) is 5.56 Å². The smallest absolute Gasteiger partial charge is 0.240 e. The Balaban J connectivity index is 1.58. The number of benzene rings is 3. The minimum Gasteiger partial charge on any atom is -0.497 e. The van der Waals surface area contributed by atoms with Crippen LogP contribution in [0.25, 0.3) is 10.8 Å². The van der Waals surface area contributed by atoms with Crippen molar-refractivity contribution in [2.75, 3.05) is 19.4 Å². The molecule has 3 aromatic carbocycles. The van der Waals surface area contributed by atoms with Crippen LogP contribution < -0.4 is 9.46 Å². The summed E-state index contributed by atoms with van der Waals surface area (Å²) >= 11 is 1.48. The summed E-state index contributed by atoms with van der Waals surface area (Å²) < 4.78 is 46.3. The number of hydrogen-bond donors (Lipinski definition) is 1. The molecule has 1 N–H and O–H groups in total. The third-order valence-electron chi connectivity index (χ3n) is 4.08. The lowest BCUT2D eigenvalue weighted by Gasteiger charge is -2.09. The molecule has 0 radical (unpaired) electrons. The highest BCUT2D eigenvalue weighted by atomic mass is 32.2. The van der Waals surface area contributed by atoms with Crippen molar-refractivity contribution < 1.29 is 17.5 Å². The van der Waals surface area contributed by atoms with E-state index in [1.165, 1.54) is 17.8 Å². The van der Waals surface area contributed by atoms with E-state index in [0.717, 1.165) is 16.5 Å². The maximum Gasteiger partial charge on any atom is 0.240 e. The summed E-state index contributed by atoms with van der Waals surface area (Å²) in [6.07, 6.45) is 0. The third kappa shape index (κ3) is 5.00. The predicted octanol–water partition coefficient (Wildman–Crippen LogP) is 4.20. The summed E-state index contributed by atoms with van der Waals surface area (Å²) in [5, 5.41) is 1.74. The molecule has 0 atom stereocenters. The van der Waals surface area contributed by atoms with Crippen LogP contribution in [0.2, 0.25) is 0 Å². The molecule has 0 unspecified atom stereocenters. The van der Waals surface area contributed by atoms with Gasteiger partial charge in [-0.3, -0.25) is 0 Å². The summed E-state index contributed by atoms with van der Waals surface area (Å²) in [6, 6.07) is 17.1. The number of sulfonamides is 1. The number of ether oxygens (including phenoxy) is 1. The molecular weight excluding hydrogens is 385 g/mol. The number of hydrogen-bond acceptors (Lipinski definition) is 4. The van der Waals surface area contributed by atoms with E-state index in [1.807, 2.05) is 12.1 Å². The molecule has 0 amide bonds. The number of nitrogens with one attached hydrogen (secondary N) is 1. The van der Waals surface area contributed by atoms with Crippen LogP contribution in [0.3, 0.4) is 0 Å². The molecule has 0 spiro atoms. The Bertz CT molecular complexity index is 1040. The normalized spacial score (nSPS) is 11.6. The summed E-state index contributed by atoms with van der Waals surface area (Å²) in [4.78, 5) is 0.222. The van der Waals surface area contributed by atoms with Gasteiger partial charge in [-0.05, 0) is 46.7 Å². The largest absolute Gasteiger partial charge is 0.497 e. The second-order valence-corrected chi connectivity index (χ2v) is 8.79. The Kier molecular flexibility index (Phi) is 6.36. The summed E-state index contributed by atoms with van der Waals surface area (Å²) in [6.45, 7) is 0.280. The molecule has 4 nitrogen and oxygen atoms in total. The van der Waals surface area contributed by atoms with Crippen molar-refractivity contribution in [2.45, 2.75) is 10.6 Å². The van der Waals surface area contributed by atoms with Crippen molar-refractivity contribution in [3.8, 4) is 5.75 Å². The van der Waals surface area contributed by atoms with E-state index in [4.69, 9.17) is 4.74 Å². The van der Waals surface area contributed by atoms with E-state index < -0.39 is 10.0 Å². The lowest BCUT2D eigenvalue weighted by molar-refractivity contribution is 0.415. The molecule has 0 heterocycles. The standard InChI is InChI=1S/C20H20FNO3S2/c1-25-18-8-6-16-13-19(9-7-15(16)12-18)27(23,24)22-10-11-26-14-17-4-2-3-5-20(17)21/h2-9,12-13,22H,10-11,14H2,1H3. The zero-order valence-corrected chi connectivity index (χ0v) is 16.4. The average molecular weight is 406 g/mol. The van der Waals surface area contributed by atoms with Gasteiger partial charge in [-0.15, -0.1) is 0 Å². The third-order valence-corrected chi connectivity index (χ3v) is 6.55. The van der Waals surface area contributed by atoms with Crippen molar-refractivity contribution in [1.29, 1.82) is 0 Å². The van der Waals surface area contributed by atoms with E-state index in [9.17, 15) is 12.8 Å². The molecule has 142 valence electrons. The fraction of sp³-hybridized carbons (Fsp3) is 0.200. The van der Waals surface area contributed by atoms with Gasteiger partial charge in [-0.2, -0.15) is 11.8 Å². The molecule has 0 bridgehead atoms. The van der Waals surface area contributed by atoms with Crippen LogP contribution in [-0.4, -0.2) is 27.8 Å². The lowest BCUT2D eigenvalue weighted by Crippen LogP contribution is -2.26. The van der Waals surface area contributed by atoms with Gasteiger partial charge in [-0.1, -0.05) is 30.3 Å². The minimum atomic E-state index is -3.59. The number of halogens is 1. The Morgan fingerprint density at radius 2 is 1.78 bits per heavy atom. The topological polar surface area (TPSA) is 55.4 Å². The number of methoxy groups -OCH3 is 1. The maximum absolute atomic E-state index is 13.6. The predicted molar refractivity (Wildman–Crippen MR) is 108 cm³/mol. The second kappa shape index (κ2) is 8.73. The van der Waals surface area contributed by atoms with E-state index in [0.29, 0.717) is 17.1 Å². The van der Waals surface area contributed by atoms with Crippen LogP contribution in [0.5, 0.6) is 5.75 Å². The SMILES string of the molecule is COc1ccc2cc(S(=O)(=O)NCCSCc3ccccc3F)ccc2c1. The first kappa shape index (κ1) is 19.7. The van der Waals surface area contributed by atoms with Gasteiger partial charge < -0.3 is 4.74 Å². The van der Waals surface area contributed by atoms with E-state index in [-0.39, 0.29) is 17.3 Å². The summed E-state index contributed by atoms with van der Waals surface area (Å²) in [5.41, 5.74) is 0.621. The fourth-order valence-corrected chi connectivity index (χ4v) is 4.67. The van der Waals surface area contributed by atoms with Crippen molar-refractivity contribution >= 4 is 32.6 Å². The monoisotopic (exact) mass is 405 g/mol. The van der Waals surface area contributed by atoms with Crippen LogP contribution in [0, 0.1) is 5.82 Å². The highest BCUT2D eigenvalue weighted by Gasteiger charge is 2.14. The number of fused-ring (bicyclic) bond motifs is 1. The van der Waals surface area contributed by atoms with Gasteiger partial charge in [0, 0.05) is 18.1 Å². The molecule has 0 aliphatic carbocycles. The van der Waals surface area contributed by atoms with E-state index >= 15 is 0 Å². The van der Waals surface area contributed by atoms with Crippen molar-refractivity contribution in [1.82, 2.24) is 4.72 Å². The molecule has 0 aliphatic rings. The summed E-state index contributed by atoms with van der Waals surface area (Å²) in [5.74, 6) is 1.55. The molecule has 0 fully saturated rings. The van der Waals surface area contributed by atoms with Gasteiger partial charge in [-0.25, -0.2) is 17.5 Å². The van der Waals surface area contributed by atoms with Gasteiger partial charge in [0.25, 0.3) is 0 Å². The van der Waals surface area contributed by atoms with E-state index in [2.05, 4.69) is 4.72 Å². The Labute approximate surface area is 162 Å². The first-order valence-electron chi connectivity index (χ1n) is 8.38. The van der Waals surface area contributed by atoms with Gasteiger partial charge in [0.2, 0.25) is 10.0 Å². The minimum absolute atomic E-state index is 0.222. The fourth-order valence-electron chi connectivity index (χ4n) is 2.63. The van der Waals surface area contributed by atoms with Crippen LogP contribution in [-0.2, 0) is 15.8 Å². The van der Waals surface area contributed by atoms with Gasteiger partial charge in [0.1, 0.15) is 11.6 Å². The molecule has 3 aromatic rings. The lowest BCUT2D eigenvalue weighted by atomic mass is 10.1.